The van der Waals surface area contributed by atoms with Crippen LogP contribution in [0.25, 0.3) is 0 Å². The highest BCUT2D eigenvalue weighted by Gasteiger charge is 2.31. The summed E-state index contributed by atoms with van der Waals surface area (Å²) in [4.78, 5) is 22.2. The number of nitrogens with one attached hydrogen (secondary N) is 1. The Morgan fingerprint density at radius 1 is 1.38 bits per heavy atom. The normalized spacial score (nSPS) is 14.9. The van der Waals surface area contributed by atoms with Crippen LogP contribution in [0.15, 0.2) is 23.0 Å². The van der Waals surface area contributed by atoms with Crippen LogP contribution in [0.2, 0.25) is 0 Å². The molecule has 0 saturated carbocycles. The second-order valence-corrected chi connectivity index (χ2v) is 5.19. The van der Waals surface area contributed by atoms with Crippen molar-refractivity contribution in [1.82, 2.24) is 20.0 Å². The van der Waals surface area contributed by atoms with Gasteiger partial charge in [0, 0.05) is 31.0 Å². The van der Waals surface area contributed by atoms with Gasteiger partial charge in [0.2, 0.25) is 11.9 Å². The van der Waals surface area contributed by atoms with Gasteiger partial charge < -0.3 is 14.7 Å². The molecular formula is C14H17N5O2. The van der Waals surface area contributed by atoms with Crippen molar-refractivity contribution < 1.29 is 9.32 Å². The number of carbonyl (C=O) groups excluding carboxylic acids is 1. The van der Waals surface area contributed by atoms with Crippen molar-refractivity contribution in [1.29, 1.82) is 0 Å². The van der Waals surface area contributed by atoms with E-state index in [1.165, 1.54) is 0 Å². The SMILES string of the molecule is Cc1noc(C)c1CC(=O)N1CC(Nc2ncccn2)C1. The van der Waals surface area contributed by atoms with Gasteiger partial charge in [0.15, 0.2) is 0 Å². The van der Waals surface area contributed by atoms with Crippen LogP contribution in [0, 0.1) is 13.8 Å². The number of likely N-dealkylation sites (tertiary alicyclic amines) is 1. The van der Waals surface area contributed by atoms with Gasteiger partial charge in [0.05, 0.1) is 18.2 Å². The van der Waals surface area contributed by atoms with Gasteiger partial charge in [-0.2, -0.15) is 0 Å². The van der Waals surface area contributed by atoms with Gasteiger partial charge in [0.1, 0.15) is 5.76 Å². The number of aromatic nitrogens is 3. The molecule has 0 bridgehead atoms. The Labute approximate surface area is 122 Å². The Bertz CT molecular complexity index is 615. The summed E-state index contributed by atoms with van der Waals surface area (Å²) in [6.45, 7) is 5.02. The van der Waals surface area contributed by atoms with Gasteiger partial charge in [-0.3, -0.25) is 4.79 Å². The van der Waals surface area contributed by atoms with E-state index in [2.05, 4.69) is 20.4 Å². The highest BCUT2D eigenvalue weighted by molar-refractivity contribution is 5.80. The Hall–Kier alpha value is -2.44. The van der Waals surface area contributed by atoms with Gasteiger partial charge in [-0.05, 0) is 19.9 Å². The fraction of sp³-hybridized carbons (Fsp3) is 0.429. The molecule has 0 spiro atoms. The second kappa shape index (κ2) is 5.51. The van der Waals surface area contributed by atoms with Crippen molar-refractivity contribution >= 4 is 11.9 Å². The first-order chi connectivity index (χ1) is 10.1. The lowest BCUT2D eigenvalue weighted by atomic mass is 10.1. The van der Waals surface area contributed by atoms with Crippen molar-refractivity contribution in [2.24, 2.45) is 0 Å². The number of amides is 1. The number of rotatable bonds is 4. The molecule has 1 amide bonds. The van der Waals surface area contributed by atoms with Gasteiger partial charge >= 0.3 is 0 Å². The fourth-order valence-electron chi connectivity index (χ4n) is 2.35. The minimum Gasteiger partial charge on any atom is -0.361 e. The number of carbonyl (C=O) groups is 1. The quantitative estimate of drug-likeness (QED) is 0.901. The molecule has 0 radical (unpaired) electrons. The topological polar surface area (TPSA) is 84.2 Å². The molecule has 21 heavy (non-hydrogen) atoms. The molecule has 7 heteroatoms. The minimum atomic E-state index is 0.0939. The van der Waals surface area contributed by atoms with E-state index in [1.54, 1.807) is 18.5 Å². The summed E-state index contributed by atoms with van der Waals surface area (Å²) in [6.07, 6.45) is 3.72. The van der Waals surface area contributed by atoms with Crippen LogP contribution in [0.4, 0.5) is 5.95 Å². The van der Waals surface area contributed by atoms with Gasteiger partial charge in [-0.25, -0.2) is 9.97 Å². The Kier molecular flexibility index (Phi) is 3.55. The zero-order valence-corrected chi connectivity index (χ0v) is 12.0. The predicted molar refractivity (Wildman–Crippen MR) is 75.7 cm³/mol. The molecule has 0 unspecified atom stereocenters. The van der Waals surface area contributed by atoms with E-state index in [9.17, 15) is 4.79 Å². The summed E-state index contributed by atoms with van der Waals surface area (Å²) < 4.78 is 5.08. The molecule has 3 heterocycles. The average molecular weight is 287 g/mol. The first-order valence-corrected chi connectivity index (χ1v) is 6.86. The number of nitrogens with zero attached hydrogens (tertiary/aromatic N) is 4. The first kappa shape index (κ1) is 13.5. The van der Waals surface area contributed by atoms with Crippen LogP contribution in [0.1, 0.15) is 17.0 Å². The smallest absolute Gasteiger partial charge is 0.227 e. The fourth-order valence-corrected chi connectivity index (χ4v) is 2.35. The van der Waals surface area contributed by atoms with Gasteiger partial charge in [-0.15, -0.1) is 0 Å². The highest BCUT2D eigenvalue weighted by Crippen LogP contribution is 2.17. The molecular weight excluding hydrogens is 270 g/mol. The first-order valence-electron chi connectivity index (χ1n) is 6.86. The molecule has 7 nitrogen and oxygen atoms in total. The molecule has 3 rings (SSSR count). The van der Waals surface area contributed by atoms with E-state index >= 15 is 0 Å². The van der Waals surface area contributed by atoms with Crippen molar-refractivity contribution in [2.45, 2.75) is 26.3 Å². The van der Waals surface area contributed by atoms with Crippen LogP contribution in [0.5, 0.6) is 0 Å². The number of hydrogen-bond donors (Lipinski definition) is 1. The Morgan fingerprint density at radius 3 is 2.71 bits per heavy atom. The van der Waals surface area contributed by atoms with Crippen molar-refractivity contribution in [3.8, 4) is 0 Å². The summed E-state index contributed by atoms with van der Waals surface area (Å²) >= 11 is 0. The van der Waals surface area contributed by atoms with E-state index in [1.807, 2.05) is 18.7 Å². The van der Waals surface area contributed by atoms with E-state index in [0.29, 0.717) is 31.2 Å². The zero-order chi connectivity index (χ0) is 14.8. The van der Waals surface area contributed by atoms with Gasteiger partial charge in [-0.1, -0.05) is 5.16 Å². The molecule has 0 aliphatic carbocycles. The molecule has 1 saturated heterocycles. The monoisotopic (exact) mass is 287 g/mol. The lowest BCUT2D eigenvalue weighted by Crippen LogP contribution is -2.57. The van der Waals surface area contributed by atoms with Crippen LogP contribution in [0.3, 0.4) is 0 Å². The molecule has 2 aromatic rings. The summed E-state index contributed by atoms with van der Waals surface area (Å²) in [7, 11) is 0. The predicted octanol–water partition coefficient (Wildman–Crippen LogP) is 0.947. The third-order valence-corrected chi connectivity index (χ3v) is 3.64. The highest BCUT2D eigenvalue weighted by atomic mass is 16.5. The number of hydrogen-bond acceptors (Lipinski definition) is 6. The number of anilines is 1. The molecule has 110 valence electrons. The Morgan fingerprint density at radius 2 is 2.10 bits per heavy atom. The molecule has 0 aromatic carbocycles. The zero-order valence-electron chi connectivity index (χ0n) is 12.0. The van der Waals surface area contributed by atoms with Crippen molar-refractivity contribution in [3.05, 3.63) is 35.5 Å². The summed E-state index contributed by atoms with van der Waals surface area (Å²) in [6, 6.07) is 1.98. The molecule has 1 aliphatic heterocycles. The van der Waals surface area contributed by atoms with Crippen LogP contribution in [-0.2, 0) is 11.2 Å². The molecule has 2 aromatic heterocycles. The van der Waals surface area contributed by atoms with E-state index in [4.69, 9.17) is 4.52 Å². The van der Waals surface area contributed by atoms with E-state index in [-0.39, 0.29) is 11.9 Å². The van der Waals surface area contributed by atoms with E-state index in [0.717, 1.165) is 11.3 Å². The standard InChI is InChI=1S/C14H17N5O2/c1-9-12(10(2)21-18-9)6-13(20)19-7-11(8-19)17-14-15-4-3-5-16-14/h3-5,11H,6-8H2,1-2H3,(H,15,16,17). The number of aryl methyl sites for hydroxylation is 2. The van der Waals surface area contributed by atoms with Crippen molar-refractivity contribution in [3.63, 3.8) is 0 Å². The summed E-state index contributed by atoms with van der Waals surface area (Å²) in [5.74, 6) is 1.41. The average Bonchev–Trinajstić information content (AvgIpc) is 2.75. The minimum absolute atomic E-state index is 0.0939. The Balaban J connectivity index is 1.51. The summed E-state index contributed by atoms with van der Waals surface area (Å²) in [5.41, 5.74) is 1.68. The molecule has 1 N–H and O–H groups in total. The third-order valence-electron chi connectivity index (χ3n) is 3.64. The van der Waals surface area contributed by atoms with Crippen molar-refractivity contribution in [2.75, 3.05) is 18.4 Å². The maximum atomic E-state index is 12.2. The lowest BCUT2D eigenvalue weighted by Gasteiger charge is -2.39. The summed E-state index contributed by atoms with van der Waals surface area (Å²) in [5, 5.41) is 7.07. The maximum absolute atomic E-state index is 12.2. The van der Waals surface area contributed by atoms with Crippen LogP contribution >= 0.6 is 0 Å². The molecule has 1 aliphatic rings. The molecule has 1 fully saturated rings. The largest absolute Gasteiger partial charge is 0.361 e. The van der Waals surface area contributed by atoms with Gasteiger partial charge in [0.25, 0.3) is 0 Å². The lowest BCUT2D eigenvalue weighted by molar-refractivity contribution is -0.134. The third kappa shape index (κ3) is 2.86. The van der Waals surface area contributed by atoms with Crippen LogP contribution in [-0.4, -0.2) is 45.1 Å². The maximum Gasteiger partial charge on any atom is 0.227 e. The van der Waals surface area contributed by atoms with E-state index < -0.39 is 0 Å². The van der Waals surface area contributed by atoms with Crippen LogP contribution < -0.4 is 5.32 Å². The molecule has 0 atom stereocenters. The second-order valence-electron chi connectivity index (χ2n) is 5.19.